The number of hydrogen-bond donors (Lipinski definition) is 2. The fourth-order valence-corrected chi connectivity index (χ4v) is 3.09. The van der Waals surface area contributed by atoms with E-state index in [1.165, 1.54) is 32.1 Å². The molecule has 2 unspecified atom stereocenters. The predicted molar refractivity (Wildman–Crippen MR) is 68.5 cm³/mol. The van der Waals surface area contributed by atoms with Crippen molar-refractivity contribution in [3.05, 3.63) is 0 Å². The Hall–Kier alpha value is -0.120. The molecule has 0 aromatic rings. The van der Waals surface area contributed by atoms with Crippen LogP contribution in [0.25, 0.3) is 0 Å². The molecule has 1 aliphatic carbocycles. The van der Waals surface area contributed by atoms with Gasteiger partial charge in [0, 0.05) is 24.7 Å². The van der Waals surface area contributed by atoms with Crippen LogP contribution >= 0.6 is 0 Å². The quantitative estimate of drug-likeness (QED) is 0.738. The molecule has 1 saturated heterocycles. The second-order valence-corrected chi connectivity index (χ2v) is 5.97. The molecule has 0 aromatic carbocycles. The van der Waals surface area contributed by atoms with Crippen LogP contribution < -0.4 is 11.1 Å². The highest BCUT2D eigenvalue weighted by Gasteiger charge is 2.39. The van der Waals surface area contributed by atoms with Crippen LogP contribution in [-0.4, -0.2) is 43.2 Å². The Bertz CT molecular complexity index is 215. The van der Waals surface area contributed by atoms with Gasteiger partial charge in [0.1, 0.15) is 0 Å². The molecule has 0 radical (unpaired) electrons. The average molecular weight is 225 g/mol. The van der Waals surface area contributed by atoms with Crippen LogP contribution in [0.15, 0.2) is 0 Å². The summed E-state index contributed by atoms with van der Waals surface area (Å²) >= 11 is 0. The van der Waals surface area contributed by atoms with Crippen molar-refractivity contribution in [1.29, 1.82) is 0 Å². The van der Waals surface area contributed by atoms with Gasteiger partial charge in [0.25, 0.3) is 0 Å². The van der Waals surface area contributed by atoms with Gasteiger partial charge in [-0.1, -0.05) is 19.3 Å². The molecular weight excluding hydrogens is 198 g/mol. The SMILES string of the molecule is CC1CC(CN)(NCCC2CCC2)CN1C. The Morgan fingerprint density at radius 3 is 2.62 bits per heavy atom. The fourth-order valence-electron chi connectivity index (χ4n) is 3.09. The van der Waals surface area contributed by atoms with Crippen molar-refractivity contribution in [2.24, 2.45) is 11.7 Å². The van der Waals surface area contributed by atoms with E-state index in [2.05, 4.69) is 24.2 Å². The Balaban J connectivity index is 1.76. The zero-order chi connectivity index (χ0) is 11.6. The lowest BCUT2D eigenvalue weighted by Crippen LogP contribution is -2.53. The highest BCUT2D eigenvalue weighted by Crippen LogP contribution is 2.30. The summed E-state index contributed by atoms with van der Waals surface area (Å²) in [6.07, 6.45) is 6.90. The molecule has 94 valence electrons. The van der Waals surface area contributed by atoms with E-state index in [-0.39, 0.29) is 5.54 Å². The number of nitrogens with zero attached hydrogens (tertiary/aromatic N) is 1. The van der Waals surface area contributed by atoms with Crippen molar-refractivity contribution in [3.63, 3.8) is 0 Å². The summed E-state index contributed by atoms with van der Waals surface area (Å²) in [6.45, 7) is 5.33. The first kappa shape index (κ1) is 12.3. The lowest BCUT2D eigenvalue weighted by atomic mass is 9.83. The van der Waals surface area contributed by atoms with Crippen molar-refractivity contribution in [3.8, 4) is 0 Å². The third kappa shape index (κ3) is 2.58. The Labute approximate surface area is 99.8 Å². The summed E-state index contributed by atoms with van der Waals surface area (Å²) in [7, 11) is 2.20. The van der Waals surface area contributed by atoms with Gasteiger partial charge >= 0.3 is 0 Å². The minimum atomic E-state index is 0.192. The molecule has 2 rings (SSSR count). The zero-order valence-electron chi connectivity index (χ0n) is 10.8. The van der Waals surface area contributed by atoms with E-state index in [0.717, 1.165) is 25.6 Å². The van der Waals surface area contributed by atoms with Crippen LogP contribution in [0, 0.1) is 5.92 Å². The summed E-state index contributed by atoms with van der Waals surface area (Å²) in [5, 5.41) is 3.74. The topological polar surface area (TPSA) is 41.3 Å². The lowest BCUT2D eigenvalue weighted by molar-refractivity contribution is 0.261. The average Bonchev–Trinajstić information content (AvgIpc) is 2.48. The molecule has 3 nitrogen and oxygen atoms in total. The molecular formula is C13H27N3. The number of rotatable bonds is 5. The molecule has 16 heavy (non-hydrogen) atoms. The highest BCUT2D eigenvalue weighted by molar-refractivity contribution is 5.00. The number of likely N-dealkylation sites (N-methyl/N-ethyl adjacent to an activating group) is 1. The zero-order valence-corrected chi connectivity index (χ0v) is 10.8. The first-order chi connectivity index (χ1) is 7.65. The minimum Gasteiger partial charge on any atom is -0.329 e. The molecule has 0 spiro atoms. The van der Waals surface area contributed by atoms with Gasteiger partial charge in [-0.15, -0.1) is 0 Å². The first-order valence-electron chi connectivity index (χ1n) is 6.80. The maximum absolute atomic E-state index is 5.97. The highest BCUT2D eigenvalue weighted by atomic mass is 15.2. The van der Waals surface area contributed by atoms with Crippen molar-refractivity contribution < 1.29 is 0 Å². The van der Waals surface area contributed by atoms with Crippen molar-refractivity contribution >= 4 is 0 Å². The van der Waals surface area contributed by atoms with E-state index in [1.54, 1.807) is 0 Å². The second-order valence-electron chi connectivity index (χ2n) is 5.97. The monoisotopic (exact) mass is 225 g/mol. The molecule has 3 heteroatoms. The van der Waals surface area contributed by atoms with Gasteiger partial charge in [0.05, 0.1) is 0 Å². The minimum absolute atomic E-state index is 0.192. The predicted octanol–water partition coefficient (Wildman–Crippen LogP) is 1.19. The van der Waals surface area contributed by atoms with Gasteiger partial charge in [-0.2, -0.15) is 0 Å². The summed E-state index contributed by atoms with van der Waals surface area (Å²) in [4.78, 5) is 2.42. The van der Waals surface area contributed by atoms with Crippen LogP contribution in [-0.2, 0) is 0 Å². The molecule has 1 aliphatic heterocycles. The number of nitrogens with one attached hydrogen (secondary N) is 1. The lowest BCUT2D eigenvalue weighted by Gasteiger charge is -2.31. The summed E-state index contributed by atoms with van der Waals surface area (Å²) in [5.74, 6) is 0.999. The van der Waals surface area contributed by atoms with Gasteiger partial charge in [0.2, 0.25) is 0 Å². The van der Waals surface area contributed by atoms with E-state index >= 15 is 0 Å². The number of nitrogens with two attached hydrogens (primary N) is 1. The van der Waals surface area contributed by atoms with E-state index in [4.69, 9.17) is 5.73 Å². The summed E-state index contributed by atoms with van der Waals surface area (Å²) < 4.78 is 0. The smallest absolute Gasteiger partial charge is 0.0447 e. The van der Waals surface area contributed by atoms with Crippen molar-refractivity contribution in [1.82, 2.24) is 10.2 Å². The molecule has 2 aliphatic rings. The standard InChI is InChI=1S/C13H27N3/c1-11-8-13(9-14,10-16(11)2)15-7-6-12-4-3-5-12/h11-12,15H,3-10,14H2,1-2H3. The molecule has 1 heterocycles. The van der Waals surface area contributed by atoms with Gasteiger partial charge in [-0.05, 0) is 39.3 Å². The largest absolute Gasteiger partial charge is 0.329 e. The Morgan fingerprint density at radius 2 is 2.19 bits per heavy atom. The maximum Gasteiger partial charge on any atom is 0.0447 e. The number of likely N-dealkylation sites (tertiary alicyclic amines) is 1. The maximum atomic E-state index is 5.97. The van der Waals surface area contributed by atoms with E-state index in [0.29, 0.717) is 6.04 Å². The fraction of sp³-hybridized carbons (Fsp3) is 1.00. The molecule has 0 aromatic heterocycles. The van der Waals surface area contributed by atoms with E-state index < -0.39 is 0 Å². The summed E-state index contributed by atoms with van der Waals surface area (Å²) in [6, 6.07) is 0.666. The van der Waals surface area contributed by atoms with Crippen molar-refractivity contribution in [2.45, 2.75) is 50.6 Å². The van der Waals surface area contributed by atoms with Gasteiger partial charge in [-0.25, -0.2) is 0 Å². The summed E-state index contributed by atoms with van der Waals surface area (Å²) in [5.41, 5.74) is 6.16. The molecule has 0 amide bonds. The molecule has 2 fully saturated rings. The van der Waals surface area contributed by atoms with E-state index in [9.17, 15) is 0 Å². The third-order valence-corrected chi connectivity index (χ3v) is 4.66. The number of hydrogen-bond acceptors (Lipinski definition) is 3. The molecule has 2 atom stereocenters. The third-order valence-electron chi connectivity index (χ3n) is 4.66. The van der Waals surface area contributed by atoms with Crippen LogP contribution in [0.4, 0.5) is 0 Å². The van der Waals surface area contributed by atoms with Crippen LogP contribution in [0.3, 0.4) is 0 Å². The van der Waals surface area contributed by atoms with Crippen LogP contribution in [0.1, 0.15) is 39.0 Å². The van der Waals surface area contributed by atoms with Crippen LogP contribution in [0.2, 0.25) is 0 Å². The molecule has 3 N–H and O–H groups in total. The molecule has 0 bridgehead atoms. The van der Waals surface area contributed by atoms with E-state index in [1.807, 2.05) is 0 Å². The van der Waals surface area contributed by atoms with Crippen LogP contribution in [0.5, 0.6) is 0 Å². The second kappa shape index (κ2) is 5.03. The molecule has 1 saturated carbocycles. The van der Waals surface area contributed by atoms with Gasteiger partial charge < -0.3 is 16.0 Å². The normalized spacial score (nSPS) is 36.6. The Morgan fingerprint density at radius 1 is 1.44 bits per heavy atom. The first-order valence-corrected chi connectivity index (χ1v) is 6.80. The van der Waals surface area contributed by atoms with Gasteiger partial charge in [-0.3, -0.25) is 0 Å². The van der Waals surface area contributed by atoms with Gasteiger partial charge in [0.15, 0.2) is 0 Å². The Kier molecular flexibility index (Phi) is 3.88. The van der Waals surface area contributed by atoms with Crippen molar-refractivity contribution in [2.75, 3.05) is 26.7 Å².